The van der Waals surface area contributed by atoms with E-state index in [1.54, 1.807) is 49.4 Å². The van der Waals surface area contributed by atoms with Gasteiger partial charge >= 0.3 is 0 Å². The number of benzene rings is 2. The molecule has 2 amide bonds. The first kappa shape index (κ1) is 19.4. The van der Waals surface area contributed by atoms with Crippen LogP contribution in [0.2, 0.25) is 0 Å². The molecule has 0 aliphatic rings. The summed E-state index contributed by atoms with van der Waals surface area (Å²) in [5.74, 6) is -0.0800. The van der Waals surface area contributed by atoms with Gasteiger partial charge in [0.25, 0.3) is 5.91 Å². The Morgan fingerprint density at radius 1 is 0.964 bits per heavy atom. The summed E-state index contributed by atoms with van der Waals surface area (Å²) < 4.78 is 16.2. The van der Waals surface area contributed by atoms with Crippen LogP contribution in [0.15, 0.2) is 52.9 Å². The zero-order chi connectivity index (χ0) is 19.9. The van der Waals surface area contributed by atoms with Gasteiger partial charge in [-0.2, -0.15) is 0 Å². The smallest absolute Gasteiger partial charge is 0.293 e. The molecule has 2 N–H and O–H groups in total. The second kappa shape index (κ2) is 9.05. The molecule has 146 valence electrons. The predicted octanol–water partition coefficient (Wildman–Crippen LogP) is 4.06. The van der Waals surface area contributed by atoms with Gasteiger partial charge in [-0.25, -0.2) is 0 Å². The van der Waals surface area contributed by atoms with Crippen LogP contribution in [0.4, 0.5) is 11.4 Å². The number of hydrogen-bond acceptors (Lipinski definition) is 5. The van der Waals surface area contributed by atoms with Crippen LogP contribution in [0, 0.1) is 0 Å². The predicted molar refractivity (Wildman–Crippen MR) is 107 cm³/mol. The Bertz CT molecular complexity index is 963. The van der Waals surface area contributed by atoms with Gasteiger partial charge in [-0.15, -0.1) is 0 Å². The summed E-state index contributed by atoms with van der Waals surface area (Å²) in [7, 11) is 0. The van der Waals surface area contributed by atoms with E-state index in [0.29, 0.717) is 41.3 Å². The monoisotopic (exact) mass is 382 g/mol. The highest BCUT2D eigenvalue weighted by molar-refractivity contribution is 6.14. The molecule has 0 aliphatic carbocycles. The Labute approximate surface area is 162 Å². The van der Waals surface area contributed by atoms with Crippen LogP contribution < -0.4 is 15.4 Å². The van der Waals surface area contributed by atoms with Crippen molar-refractivity contribution >= 4 is 34.2 Å². The molecule has 7 nitrogen and oxygen atoms in total. The quantitative estimate of drug-likeness (QED) is 0.613. The van der Waals surface area contributed by atoms with Gasteiger partial charge in [-0.1, -0.05) is 12.1 Å². The SMILES string of the molecule is CCOCC(=O)Nc1c(C(=O)Nc2ccc(OCC)cc2)oc2ccccc12. The van der Waals surface area contributed by atoms with Crippen LogP contribution >= 0.6 is 0 Å². The van der Waals surface area contributed by atoms with Crippen molar-refractivity contribution in [1.29, 1.82) is 0 Å². The molecule has 0 unspecified atom stereocenters. The minimum atomic E-state index is -0.466. The summed E-state index contributed by atoms with van der Waals surface area (Å²) >= 11 is 0. The Balaban J connectivity index is 1.85. The lowest BCUT2D eigenvalue weighted by atomic mass is 10.2. The molecule has 3 rings (SSSR count). The van der Waals surface area contributed by atoms with Gasteiger partial charge in [0.1, 0.15) is 23.6 Å². The summed E-state index contributed by atoms with van der Waals surface area (Å²) in [6.45, 7) is 4.59. The first-order valence-corrected chi connectivity index (χ1v) is 9.05. The largest absolute Gasteiger partial charge is 0.494 e. The van der Waals surface area contributed by atoms with E-state index in [-0.39, 0.29) is 18.3 Å². The van der Waals surface area contributed by atoms with Crippen molar-refractivity contribution in [2.45, 2.75) is 13.8 Å². The highest BCUT2D eigenvalue weighted by Crippen LogP contribution is 2.31. The topological polar surface area (TPSA) is 89.8 Å². The van der Waals surface area contributed by atoms with Gasteiger partial charge in [0.05, 0.1) is 6.61 Å². The van der Waals surface area contributed by atoms with Gasteiger partial charge in [0.2, 0.25) is 11.7 Å². The molecule has 3 aromatic rings. The number of furan rings is 1. The molecule has 0 atom stereocenters. The Morgan fingerprint density at radius 2 is 1.71 bits per heavy atom. The molecule has 0 spiro atoms. The fraction of sp³-hybridized carbons (Fsp3) is 0.238. The lowest BCUT2D eigenvalue weighted by molar-refractivity contribution is -0.120. The van der Waals surface area contributed by atoms with Crippen molar-refractivity contribution in [3.63, 3.8) is 0 Å². The van der Waals surface area contributed by atoms with Crippen LogP contribution in [0.1, 0.15) is 24.4 Å². The molecule has 1 heterocycles. The van der Waals surface area contributed by atoms with E-state index in [1.165, 1.54) is 0 Å². The second-order valence-electron chi connectivity index (χ2n) is 5.90. The molecule has 28 heavy (non-hydrogen) atoms. The van der Waals surface area contributed by atoms with Gasteiger partial charge in [-0.05, 0) is 50.2 Å². The number of rotatable bonds is 8. The number of para-hydroxylation sites is 1. The van der Waals surface area contributed by atoms with E-state index < -0.39 is 5.91 Å². The molecule has 0 bridgehead atoms. The van der Waals surface area contributed by atoms with E-state index in [2.05, 4.69) is 10.6 Å². The number of ether oxygens (including phenoxy) is 2. The fourth-order valence-corrected chi connectivity index (χ4v) is 2.69. The molecule has 1 aromatic heterocycles. The molecule has 0 fully saturated rings. The average molecular weight is 382 g/mol. The zero-order valence-electron chi connectivity index (χ0n) is 15.8. The zero-order valence-corrected chi connectivity index (χ0v) is 15.8. The van der Waals surface area contributed by atoms with Crippen LogP contribution in [0.25, 0.3) is 11.0 Å². The van der Waals surface area contributed by atoms with E-state index >= 15 is 0 Å². The lowest BCUT2D eigenvalue weighted by Gasteiger charge is -2.08. The Kier molecular flexibility index (Phi) is 6.29. The molecule has 0 aliphatic heterocycles. The van der Waals surface area contributed by atoms with Crippen molar-refractivity contribution in [3.8, 4) is 5.75 Å². The maximum atomic E-state index is 12.8. The number of nitrogens with one attached hydrogen (secondary N) is 2. The molecule has 2 aromatic carbocycles. The lowest BCUT2D eigenvalue weighted by Crippen LogP contribution is -2.20. The number of amides is 2. The summed E-state index contributed by atoms with van der Waals surface area (Å²) in [5.41, 5.74) is 1.41. The van der Waals surface area contributed by atoms with Crippen molar-refractivity contribution < 1.29 is 23.5 Å². The van der Waals surface area contributed by atoms with E-state index in [9.17, 15) is 9.59 Å². The van der Waals surface area contributed by atoms with Crippen LogP contribution in [-0.2, 0) is 9.53 Å². The molecule has 0 saturated heterocycles. The standard InChI is InChI=1S/C21H22N2O5/c1-3-26-13-18(24)23-19-16-7-5-6-8-17(16)28-20(19)21(25)22-14-9-11-15(12-10-14)27-4-2/h5-12H,3-4,13H2,1-2H3,(H,22,25)(H,23,24). The number of carbonyl (C=O) groups is 2. The van der Waals surface area contributed by atoms with Crippen LogP contribution in [0.3, 0.4) is 0 Å². The average Bonchev–Trinajstić information content (AvgIpc) is 3.07. The van der Waals surface area contributed by atoms with Gasteiger partial charge in [0, 0.05) is 17.7 Å². The maximum absolute atomic E-state index is 12.8. The highest BCUT2D eigenvalue weighted by atomic mass is 16.5. The summed E-state index contributed by atoms with van der Waals surface area (Å²) in [4.78, 5) is 24.9. The molecule has 0 radical (unpaired) electrons. The second-order valence-corrected chi connectivity index (χ2v) is 5.90. The summed E-state index contributed by atoms with van der Waals surface area (Å²) in [6.07, 6.45) is 0. The number of anilines is 2. The molecule has 7 heteroatoms. The minimum Gasteiger partial charge on any atom is -0.494 e. The fourth-order valence-electron chi connectivity index (χ4n) is 2.69. The van der Waals surface area contributed by atoms with Gasteiger partial charge in [-0.3, -0.25) is 9.59 Å². The van der Waals surface area contributed by atoms with Crippen molar-refractivity contribution in [2.75, 3.05) is 30.5 Å². The van der Waals surface area contributed by atoms with Crippen LogP contribution in [0.5, 0.6) is 5.75 Å². The first-order chi connectivity index (χ1) is 13.6. The molecule has 0 saturated carbocycles. The highest BCUT2D eigenvalue weighted by Gasteiger charge is 2.22. The van der Waals surface area contributed by atoms with E-state index in [4.69, 9.17) is 13.9 Å². The normalized spacial score (nSPS) is 10.6. The summed E-state index contributed by atoms with van der Waals surface area (Å²) in [6, 6.07) is 14.1. The first-order valence-electron chi connectivity index (χ1n) is 9.05. The Morgan fingerprint density at radius 3 is 2.43 bits per heavy atom. The van der Waals surface area contributed by atoms with Gasteiger partial charge in [0.15, 0.2) is 0 Å². The summed E-state index contributed by atoms with van der Waals surface area (Å²) in [5, 5.41) is 6.14. The van der Waals surface area contributed by atoms with E-state index in [1.807, 2.05) is 13.0 Å². The third-order valence-corrected chi connectivity index (χ3v) is 3.93. The van der Waals surface area contributed by atoms with Crippen molar-refractivity contribution in [1.82, 2.24) is 0 Å². The number of carbonyl (C=O) groups excluding carboxylic acids is 2. The molecular formula is C21H22N2O5. The number of fused-ring (bicyclic) bond motifs is 1. The van der Waals surface area contributed by atoms with Gasteiger partial charge < -0.3 is 24.5 Å². The van der Waals surface area contributed by atoms with E-state index in [0.717, 1.165) is 0 Å². The Hall–Kier alpha value is -3.32. The van der Waals surface area contributed by atoms with Crippen molar-refractivity contribution in [2.24, 2.45) is 0 Å². The number of hydrogen-bond donors (Lipinski definition) is 2. The third kappa shape index (κ3) is 4.50. The third-order valence-electron chi connectivity index (χ3n) is 3.93. The molecular weight excluding hydrogens is 360 g/mol. The minimum absolute atomic E-state index is 0.0277. The van der Waals surface area contributed by atoms with Crippen molar-refractivity contribution in [3.05, 3.63) is 54.3 Å². The van der Waals surface area contributed by atoms with Crippen LogP contribution in [-0.4, -0.2) is 31.6 Å². The maximum Gasteiger partial charge on any atom is 0.293 e.